The lowest BCUT2D eigenvalue weighted by atomic mass is 9.67. The van der Waals surface area contributed by atoms with Crippen LogP contribution in [0.1, 0.15) is 69.5 Å². The fourth-order valence-electron chi connectivity index (χ4n) is 3.84. The Morgan fingerprint density at radius 3 is 2.84 bits per heavy atom. The molecule has 2 saturated carbocycles. The Morgan fingerprint density at radius 1 is 1.16 bits per heavy atom. The van der Waals surface area contributed by atoms with Gasteiger partial charge in [-0.05, 0) is 37.6 Å². The highest BCUT2D eigenvalue weighted by atomic mass is 16.5. The number of nitrogens with zero attached hydrogens (tertiary/aromatic N) is 2. The number of rotatable bonds is 4. The lowest BCUT2D eigenvalue weighted by molar-refractivity contribution is 0.142. The molecule has 3 unspecified atom stereocenters. The summed E-state index contributed by atoms with van der Waals surface area (Å²) in [6.45, 7) is 3.75. The molecule has 2 fully saturated rings. The van der Waals surface area contributed by atoms with Crippen molar-refractivity contribution in [3.63, 3.8) is 0 Å². The summed E-state index contributed by atoms with van der Waals surface area (Å²) in [6.07, 6.45) is 9.60. The third-order valence-corrected chi connectivity index (χ3v) is 4.91. The first-order chi connectivity index (χ1) is 9.36. The Bertz CT molecular complexity index is 404. The summed E-state index contributed by atoms with van der Waals surface area (Å²) in [5.74, 6) is 4.10. The molecular formula is C15H25N3O. The number of fused-ring (bicyclic) bond motifs is 1. The molecule has 4 nitrogen and oxygen atoms in total. The minimum atomic E-state index is 0.516. The van der Waals surface area contributed by atoms with Crippen molar-refractivity contribution in [2.75, 3.05) is 6.54 Å². The van der Waals surface area contributed by atoms with Gasteiger partial charge in [-0.25, -0.2) is 0 Å². The van der Waals surface area contributed by atoms with E-state index >= 15 is 0 Å². The normalized spacial score (nSPS) is 31.1. The first-order valence-corrected chi connectivity index (χ1v) is 7.90. The highest BCUT2D eigenvalue weighted by Gasteiger charge is 2.34. The van der Waals surface area contributed by atoms with Crippen molar-refractivity contribution in [3.8, 4) is 0 Å². The predicted molar refractivity (Wildman–Crippen MR) is 73.7 cm³/mol. The van der Waals surface area contributed by atoms with Crippen LogP contribution in [-0.4, -0.2) is 16.7 Å². The monoisotopic (exact) mass is 263 g/mol. The molecule has 0 radical (unpaired) electrons. The van der Waals surface area contributed by atoms with Gasteiger partial charge in [-0.2, -0.15) is 4.98 Å². The van der Waals surface area contributed by atoms with E-state index in [9.17, 15) is 0 Å². The molecule has 0 aromatic carbocycles. The average Bonchev–Trinajstić information content (AvgIpc) is 2.93. The maximum Gasteiger partial charge on any atom is 0.229 e. The molecule has 1 aromatic heterocycles. The van der Waals surface area contributed by atoms with Gasteiger partial charge in [0.15, 0.2) is 5.82 Å². The number of nitrogens with one attached hydrogen (secondary N) is 1. The molecule has 3 rings (SSSR count). The minimum Gasteiger partial charge on any atom is -0.339 e. The van der Waals surface area contributed by atoms with Gasteiger partial charge >= 0.3 is 0 Å². The zero-order valence-electron chi connectivity index (χ0n) is 11.9. The van der Waals surface area contributed by atoms with Gasteiger partial charge < -0.3 is 9.84 Å². The van der Waals surface area contributed by atoms with Crippen molar-refractivity contribution in [2.24, 2.45) is 11.8 Å². The molecule has 19 heavy (non-hydrogen) atoms. The molecule has 1 aromatic rings. The summed E-state index contributed by atoms with van der Waals surface area (Å²) in [4.78, 5) is 4.57. The van der Waals surface area contributed by atoms with E-state index < -0.39 is 0 Å². The number of hydrogen-bond donors (Lipinski definition) is 1. The molecule has 2 aliphatic carbocycles. The molecule has 0 spiro atoms. The second-order valence-electron chi connectivity index (χ2n) is 6.14. The van der Waals surface area contributed by atoms with Gasteiger partial charge in [0.25, 0.3) is 0 Å². The van der Waals surface area contributed by atoms with Gasteiger partial charge in [-0.1, -0.05) is 37.8 Å². The lowest BCUT2D eigenvalue weighted by Crippen LogP contribution is -2.27. The van der Waals surface area contributed by atoms with Crippen LogP contribution in [0.15, 0.2) is 4.52 Å². The average molecular weight is 263 g/mol. The second kappa shape index (κ2) is 6.04. The highest BCUT2D eigenvalue weighted by Crippen LogP contribution is 2.45. The predicted octanol–water partition coefficient (Wildman–Crippen LogP) is 3.25. The first-order valence-electron chi connectivity index (χ1n) is 7.90. The van der Waals surface area contributed by atoms with E-state index in [2.05, 4.69) is 22.4 Å². The Morgan fingerprint density at radius 2 is 2.00 bits per heavy atom. The molecule has 1 N–H and O–H groups in total. The number of aromatic nitrogens is 2. The molecule has 1 heterocycles. The van der Waals surface area contributed by atoms with Crippen molar-refractivity contribution in [1.82, 2.24) is 15.5 Å². The van der Waals surface area contributed by atoms with E-state index in [-0.39, 0.29) is 0 Å². The lowest BCUT2D eigenvalue weighted by Gasteiger charge is -2.38. The van der Waals surface area contributed by atoms with Crippen LogP contribution in [0.5, 0.6) is 0 Å². The SMILES string of the molecule is CCNCc1noc(C2CCC3CCCCC3C2)n1. The summed E-state index contributed by atoms with van der Waals surface area (Å²) >= 11 is 0. The van der Waals surface area contributed by atoms with Crippen LogP contribution in [0.4, 0.5) is 0 Å². The van der Waals surface area contributed by atoms with Crippen LogP contribution in [0, 0.1) is 11.8 Å². The standard InChI is InChI=1S/C15H25N3O/c1-2-16-10-14-17-15(19-18-14)13-8-7-11-5-3-4-6-12(11)9-13/h11-13,16H,2-10H2,1H3. The maximum atomic E-state index is 5.48. The van der Waals surface area contributed by atoms with Gasteiger partial charge in [0, 0.05) is 5.92 Å². The van der Waals surface area contributed by atoms with E-state index in [0.29, 0.717) is 5.92 Å². The Kier molecular flexibility index (Phi) is 4.16. The molecule has 0 amide bonds. The van der Waals surface area contributed by atoms with Crippen LogP contribution in [0.25, 0.3) is 0 Å². The molecule has 106 valence electrons. The zero-order chi connectivity index (χ0) is 13.1. The summed E-state index contributed by atoms with van der Waals surface area (Å²) < 4.78 is 5.48. The molecule has 0 saturated heterocycles. The molecule has 4 heteroatoms. The van der Waals surface area contributed by atoms with E-state index in [1.165, 1.54) is 44.9 Å². The summed E-state index contributed by atoms with van der Waals surface area (Å²) in [5.41, 5.74) is 0. The van der Waals surface area contributed by atoms with E-state index in [4.69, 9.17) is 4.52 Å². The van der Waals surface area contributed by atoms with Crippen LogP contribution < -0.4 is 5.32 Å². The van der Waals surface area contributed by atoms with E-state index in [0.717, 1.165) is 36.6 Å². The van der Waals surface area contributed by atoms with Crippen molar-refractivity contribution < 1.29 is 4.52 Å². The van der Waals surface area contributed by atoms with E-state index in [1.54, 1.807) is 0 Å². The van der Waals surface area contributed by atoms with Crippen molar-refractivity contribution in [3.05, 3.63) is 11.7 Å². The first kappa shape index (κ1) is 13.1. The van der Waals surface area contributed by atoms with Crippen molar-refractivity contribution >= 4 is 0 Å². The molecule has 0 bridgehead atoms. The zero-order valence-corrected chi connectivity index (χ0v) is 11.9. The molecular weight excluding hydrogens is 238 g/mol. The minimum absolute atomic E-state index is 0.516. The van der Waals surface area contributed by atoms with Gasteiger partial charge in [0.1, 0.15) is 0 Å². The molecule has 0 aliphatic heterocycles. The Labute approximate surface area is 115 Å². The summed E-state index contributed by atoms with van der Waals surface area (Å²) in [7, 11) is 0. The van der Waals surface area contributed by atoms with Crippen molar-refractivity contribution in [1.29, 1.82) is 0 Å². The largest absolute Gasteiger partial charge is 0.339 e. The van der Waals surface area contributed by atoms with E-state index in [1.807, 2.05) is 0 Å². The summed E-state index contributed by atoms with van der Waals surface area (Å²) in [5, 5.41) is 7.33. The van der Waals surface area contributed by atoms with Crippen LogP contribution in [0.3, 0.4) is 0 Å². The Balaban J connectivity index is 1.61. The fraction of sp³-hybridized carbons (Fsp3) is 0.867. The quantitative estimate of drug-likeness (QED) is 0.906. The summed E-state index contributed by atoms with van der Waals surface area (Å²) in [6, 6.07) is 0. The maximum absolute atomic E-state index is 5.48. The van der Waals surface area contributed by atoms with Crippen molar-refractivity contribution in [2.45, 2.75) is 64.3 Å². The highest BCUT2D eigenvalue weighted by molar-refractivity contribution is 4.98. The smallest absolute Gasteiger partial charge is 0.229 e. The van der Waals surface area contributed by atoms with Gasteiger partial charge in [0.05, 0.1) is 6.54 Å². The van der Waals surface area contributed by atoms with Gasteiger partial charge in [-0.3, -0.25) is 0 Å². The molecule has 3 atom stereocenters. The third-order valence-electron chi connectivity index (χ3n) is 4.91. The Hall–Kier alpha value is -0.900. The number of hydrogen-bond acceptors (Lipinski definition) is 4. The second-order valence-corrected chi connectivity index (χ2v) is 6.14. The van der Waals surface area contributed by atoms with Gasteiger partial charge in [0.2, 0.25) is 5.89 Å². The topological polar surface area (TPSA) is 51.0 Å². The van der Waals surface area contributed by atoms with Gasteiger partial charge in [-0.15, -0.1) is 0 Å². The van der Waals surface area contributed by atoms with Crippen LogP contribution in [0.2, 0.25) is 0 Å². The molecule has 2 aliphatic rings. The third kappa shape index (κ3) is 2.99. The van der Waals surface area contributed by atoms with Crippen LogP contribution in [-0.2, 0) is 6.54 Å². The fourth-order valence-corrected chi connectivity index (χ4v) is 3.84. The van der Waals surface area contributed by atoms with Crippen LogP contribution >= 0.6 is 0 Å².